The molecule has 2 rings (SSSR count). The Labute approximate surface area is 130 Å². The lowest BCUT2D eigenvalue weighted by atomic mass is 10.2. The fourth-order valence-electron chi connectivity index (χ4n) is 1.77. The zero-order chi connectivity index (χ0) is 16.4. The summed E-state index contributed by atoms with van der Waals surface area (Å²) in [6.07, 6.45) is 1.04. The second-order valence-corrected chi connectivity index (χ2v) is 4.27. The Balaban J connectivity index is 0.00000116. The summed E-state index contributed by atoms with van der Waals surface area (Å²) in [4.78, 5) is 15.0. The summed E-state index contributed by atoms with van der Waals surface area (Å²) in [6, 6.07) is 4.12. The maximum atomic E-state index is 10.7. The van der Waals surface area contributed by atoms with Gasteiger partial charge >= 0.3 is 5.97 Å². The summed E-state index contributed by atoms with van der Waals surface area (Å²) in [5.74, 6) is -0.282. The molecule has 0 atom stereocenters. The third-order valence-corrected chi connectivity index (χ3v) is 2.76. The Kier molecular flexibility index (Phi) is 7.60. The number of carboxylic acids is 1. The zero-order valence-electron chi connectivity index (χ0n) is 12.9. The molecule has 0 saturated heterocycles. The van der Waals surface area contributed by atoms with Crippen molar-refractivity contribution in [2.24, 2.45) is 4.99 Å². The van der Waals surface area contributed by atoms with Crippen molar-refractivity contribution in [1.82, 2.24) is 10.6 Å². The predicted molar refractivity (Wildman–Crippen MR) is 84.8 cm³/mol. The van der Waals surface area contributed by atoms with E-state index in [1.54, 1.807) is 0 Å². The molecule has 0 unspecified atom stereocenters. The van der Waals surface area contributed by atoms with Crippen molar-refractivity contribution in [3.63, 3.8) is 0 Å². The van der Waals surface area contributed by atoms with Crippen LogP contribution in [0.5, 0.6) is 11.5 Å². The molecule has 0 radical (unpaired) electrons. The van der Waals surface area contributed by atoms with Gasteiger partial charge in [-0.1, -0.05) is 13.8 Å². The minimum atomic E-state index is -1.17. The highest BCUT2D eigenvalue weighted by Gasteiger charge is 2.10. The van der Waals surface area contributed by atoms with Crippen LogP contribution in [0.15, 0.2) is 23.2 Å². The van der Waals surface area contributed by atoms with Crippen molar-refractivity contribution >= 4 is 11.9 Å². The summed E-state index contributed by atoms with van der Waals surface area (Å²) in [7, 11) is 0. The molecule has 122 valence electrons. The molecule has 22 heavy (non-hydrogen) atoms. The van der Waals surface area contributed by atoms with Crippen LogP contribution in [-0.2, 0) is 0 Å². The molecule has 0 fully saturated rings. The van der Waals surface area contributed by atoms with Gasteiger partial charge < -0.3 is 25.6 Å². The van der Waals surface area contributed by atoms with Crippen LogP contribution in [0, 0.1) is 0 Å². The number of nitrogens with zero attached hydrogens (tertiary/aromatic N) is 1. The number of carbonyl (C=O) groups is 1. The first-order chi connectivity index (χ1) is 10.7. The summed E-state index contributed by atoms with van der Waals surface area (Å²) >= 11 is 0. The Morgan fingerprint density at radius 2 is 2.23 bits per heavy atom. The van der Waals surface area contributed by atoms with Crippen LogP contribution >= 0.6 is 0 Å². The average molecular weight is 309 g/mol. The van der Waals surface area contributed by atoms with E-state index in [9.17, 15) is 9.90 Å². The van der Waals surface area contributed by atoms with Crippen LogP contribution in [0.25, 0.3) is 0 Å². The van der Waals surface area contributed by atoms with Gasteiger partial charge in [0.1, 0.15) is 23.7 Å². The molecular weight excluding hydrogens is 286 g/mol. The van der Waals surface area contributed by atoms with Crippen molar-refractivity contribution in [3.05, 3.63) is 23.8 Å². The molecule has 1 heterocycles. The van der Waals surface area contributed by atoms with Gasteiger partial charge in [0.05, 0.1) is 6.54 Å². The lowest BCUT2D eigenvalue weighted by molar-refractivity contribution is 0.0693. The molecule has 0 spiro atoms. The van der Waals surface area contributed by atoms with E-state index in [0.717, 1.165) is 25.5 Å². The van der Waals surface area contributed by atoms with E-state index in [1.165, 1.54) is 18.2 Å². The molecular formula is C15H23N3O4. The second kappa shape index (κ2) is 9.49. The molecule has 4 N–H and O–H groups in total. The van der Waals surface area contributed by atoms with Gasteiger partial charge in [0.15, 0.2) is 5.96 Å². The Bertz CT molecular complexity index is 518. The minimum Gasteiger partial charge on any atom is -0.507 e. The summed E-state index contributed by atoms with van der Waals surface area (Å²) < 4.78 is 5.41. The lowest BCUT2D eigenvalue weighted by Gasteiger charge is -2.16. The third-order valence-electron chi connectivity index (χ3n) is 2.76. The first kappa shape index (κ1) is 17.6. The van der Waals surface area contributed by atoms with E-state index in [4.69, 9.17) is 9.84 Å². The SMILES string of the molecule is CC.O=C(O)c1ccc(OCCNC2=NCCCN2)cc1O. The number of rotatable bonds is 5. The first-order valence-corrected chi connectivity index (χ1v) is 7.38. The van der Waals surface area contributed by atoms with Gasteiger partial charge in [0, 0.05) is 19.2 Å². The average Bonchev–Trinajstić information content (AvgIpc) is 2.54. The molecule has 0 amide bonds. The predicted octanol–water partition coefficient (Wildman–Crippen LogP) is 1.43. The summed E-state index contributed by atoms with van der Waals surface area (Å²) in [5, 5.41) is 24.5. The highest BCUT2D eigenvalue weighted by Crippen LogP contribution is 2.23. The maximum Gasteiger partial charge on any atom is 0.339 e. The van der Waals surface area contributed by atoms with E-state index in [-0.39, 0.29) is 11.3 Å². The summed E-state index contributed by atoms with van der Waals surface area (Å²) in [5.41, 5.74) is -0.142. The van der Waals surface area contributed by atoms with E-state index >= 15 is 0 Å². The standard InChI is InChI=1S/C13H17N3O4.C2H6/c17-11-8-9(2-3-10(11)12(18)19)20-7-6-16-13-14-4-1-5-15-13;1-2/h2-3,8,17H,1,4-7H2,(H,18,19)(H2,14,15,16);1-2H3. The van der Waals surface area contributed by atoms with Crippen molar-refractivity contribution in [2.75, 3.05) is 26.2 Å². The Hall–Kier alpha value is -2.44. The number of hydrogen-bond acceptors (Lipinski definition) is 6. The molecule has 0 saturated carbocycles. The van der Waals surface area contributed by atoms with Crippen LogP contribution in [-0.4, -0.2) is 48.4 Å². The van der Waals surface area contributed by atoms with Crippen LogP contribution < -0.4 is 15.4 Å². The van der Waals surface area contributed by atoms with Crippen LogP contribution in [0.3, 0.4) is 0 Å². The molecule has 1 aromatic carbocycles. The largest absolute Gasteiger partial charge is 0.507 e. The Morgan fingerprint density at radius 3 is 2.82 bits per heavy atom. The number of nitrogens with one attached hydrogen (secondary N) is 2. The quantitative estimate of drug-likeness (QED) is 0.614. The number of benzene rings is 1. The van der Waals surface area contributed by atoms with E-state index < -0.39 is 5.97 Å². The number of aromatic carboxylic acids is 1. The highest BCUT2D eigenvalue weighted by molar-refractivity contribution is 5.90. The maximum absolute atomic E-state index is 10.7. The lowest BCUT2D eigenvalue weighted by Crippen LogP contribution is -2.42. The van der Waals surface area contributed by atoms with Crippen LogP contribution in [0.1, 0.15) is 30.6 Å². The molecule has 0 aliphatic carbocycles. The van der Waals surface area contributed by atoms with E-state index in [0.29, 0.717) is 18.9 Å². The molecule has 0 bridgehead atoms. The zero-order valence-corrected chi connectivity index (χ0v) is 12.9. The molecule has 1 aromatic rings. The van der Waals surface area contributed by atoms with Crippen molar-refractivity contribution in [2.45, 2.75) is 20.3 Å². The number of guanidine groups is 1. The van der Waals surface area contributed by atoms with Gasteiger partial charge in [0.25, 0.3) is 0 Å². The topological polar surface area (TPSA) is 103 Å². The molecule has 1 aliphatic rings. The number of carboxylic acid groups (broad SMARTS) is 1. The first-order valence-electron chi connectivity index (χ1n) is 7.38. The van der Waals surface area contributed by atoms with Gasteiger partial charge in [-0.25, -0.2) is 4.79 Å². The number of ether oxygens (including phenoxy) is 1. The number of phenols is 1. The van der Waals surface area contributed by atoms with Crippen molar-refractivity contribution < 1.29 is 19.7 Å². The van der Waals surface area contributed by atoms with Crippen LogP contribution in [0.4, 0.5) is 0 Å². The van der Waals surface area contributed by atoms with Gasteiger partial charge in [-0.05, 0) is 18.6 Å². The van der Waals surface area contributed by atoms with Gasteiger partial charge in [-0.2, -0.15) is 0 Å². The van der Waals surface area contributed by atoms with Crippen molar-refractivity contribution in [1.29, 1.82) is 0 Å². The number of aromatic hydroxyl groups is 1. The smallest absolute Gasteiger partial charge is 0.339 e. The normalized spacial score (nSPS) is 13.1. The molecule has 0 aromatic heterocycles. The fraction of sp³-hybridized carbons (Fsp3) is 0.467. The van der Waals surface area contributed by atoms with Crippen molar-refractivity contribution in [3.8, 4) is 11.5 Å². The van der Waals surface area contributed by atoms with Gasteiger partial charge in [-0.3, -0.25) is 4.99 Å². The Morgan fingerprint density at radius 1 is 1.45 bits per heavy atom. The number of aliphatic imine (C=N–C) groups is 1. The molecule has 1 aliphatic heterocycles. The highest BCUT2D eigenvalue weighted by atomic mass is 16.5. The monoisotopic (exact) mass is 309 g/mol. The number of hydrogen-bond donors (Lipinski definition) is 4. The third kappa shape index (κ3) is 5.51. The van der Waals surface area contributed by atoms with E-state index in [1.807, 2.05) is 13.8 Å². The minimum absolute atomic E-state index is 0.142. The summed E-state index contributed by atoms with van der Waals surface area (Å²) in [6.45, 7) is 6.68. The van der Waals surface area contributed by atoms with Gasteiger partial charge in [-0.15, -0.1) is 0 Å². The molecule has 7 heteroatoms. The fourth-order valence-corrected chi connectivity index (χ4v) is 1.77. The second-order valence-electron chi connectivity index (χ2n) is 4.27. The van der Waals surface area contributed by atoms with Gasteiger partial charge in [0.2, 0.25) is 0 Å². The van der Waals surface area contributed by atoms with E-state index in [2.05, 4.69) is 15.6 Å². The van der Waals surface area contributed by atoms with Crippen LogP contribution in [0.2, 0.25) is 0 Å². The molecule has 7 nitrogen and oxygen atoms in total.